The summed E-state index contributed by atoms with van der Waals surface area (Å²) in [6.45, 7) is 2.79. The molecule has 0 saturated carbocycles. The summed E-state index contributed by atoms with van der Waals surface area (Å²) < 4.78 is 16.1. The van der Waals surface area contributed by atoms with Crippen LogP contribution in [0.1, 0.15) is 24.1 Å². The number of hydrogen-bond donors (Lipinski definition) is 1. The molecule has 1 unspecified atom stereocenters. The van der Waals surface area contributed by atoms with Crippen LogP contribution in [0.2, 0.25) is 0 Å². The van der Waals surface area contributed by atoms with Crippen LogP contribution in [-0.2, 0) is 14.3 Å². The number of Topliss-reactive ketones (excluding diaryl/α,β-unsaturated/α-hetero) is 1. The van der Waals surface area contributed by atoms with E-state index in [9.17, 15) is 14.7 Å². The number of rotatable bonds is 8. The first-order chi connectivity index (χ1) is 14.5. The molecule has 0 radical (unpaired) electrons. The maximum atomic E-state index is 12.9. The quantitative estimate of drug-likeness (QED) is 0.408. The standard InChI is InChI=1S/C23H25NO6/c1-4-30-17-11-10-16(14-18(17)29-3)20-19(21(25)15-8-6-5-7-9-15)22(26)23(27)24(20)12-13-28-2/h5-11,14,20,25H,4,12-13H2,1-3H3/b21-19-. The molecular formula is C23H25NO6. The van der Waals surface area contributed by atoms with Crippen LogP contribution in [-0.4, -0.2) is 55.7 Å². The number of aliphatic hydroxyl groups excluding tert-OH is 1. The van der Waals surface area contributed by atoms with Crippen LogP contribution in [0.3, 0.4) is 0 Å². The van der Waals surface area contributed by atoms with E-state index in [1.54, 1.807) is 42.5 Å². The van der Waals surface area contributed by atoms with E-state index < -0.39 is 17.7 Å². The molecule has 0 bridgehead atoms. The molecule has 3 rings (SSSR count). The zero-order chi connectivity index (χ0) is 21.7. The molecule has 1 saturated heterocycles. The number of aliphatic hydroxyl groups is 1. The van der Waals surface area contributed by atoms with Crippen molar-refractivity contribution in [2.75, 3.05) is 34.0 Å². The molecule has 1 aliphatic heterocycles. The Morgan fingerprint density at radius 2 is 1.80 bits per heavy atom. The fourth-order valence-electron chi connectivity index (χ4n) is 3.53. The Morgan fingerprint density at radius 3 is 2.43 bits per heavy atom. The lowest BCUT2D eigenvalue weighted by Gasteiger charge is -2.25. The van der Waals surface area contributed by atoms with Crippen molar-refractivity contribution >= 4 is 17.4 Å². The number of nitrogens with zero attached hydrogens (tertiary/aromatic N) is 1. The minimum Gasteiger partial charge on any atom is -0.507 e. The molecule has 1 aliphatic rings. The number of carbonyl (C=O) groups excluding carboxylic acids is 2. The summed E-state index contributed by atoms with van der Waals surface area (Å²) in [6, 6.07) is 13.1. The smallest absolute Gasteiger partial charge is 0.295 e. The van der Waals surface area contributed by atoms with E-state index in [1.807, 2.05) is 13.0 Å². The van der Waals surface area contributed by atoms with E-state index >= 15 is 0 Å². The molecule has 1 fully saturated rings. The Bertz CT molecular complexity index is 953. The molecule has 1 amide bonds. The highest BCUT2D eigenvalue weighted by Crippen LogP contribution is 2.41. The monoisotopic (exact) mass is 411 g/mol. The van der Waals surface area contributed by atoms with Gasteiger partial charge in [0.2, 0.25) is 0 Å². The summed E-state index contributed by atoms with van der Waals surface area (Å²) in [6.07, 6.45) is 0. The van der Waals surface area contributed by atoms with Crippen LogP contribution in [0, 0.1) is 0 Å². The van der Waals surface area contributed by atoms with Crippen molar-refractivity contribution in [2.45, 2.75) is 13.0 Å². The predicted octanol–water partition coefficient (Wildman–Crippen LogP) is 3.16. The number of ketones is 1. The zero-order valence-corrected chi connectivity index (χ0v) is 17.3. The van der Waals surface area contributed by atoms with Gasteiger partial charge in [-0.05, 0) is 24.6 Å². The molecule has 2 aromatic rings. The van der Waals surface area contributed by atoms with Crippen LogP contribution >= 0.6 is 0 Å². The first kappa shape index (κ1) is 21.4. The SMILES string of the molecule is CCOc1ccc(C2/C(=C(/O)c3ccccc3)C(=O)C(=O)N2CCOC)cc1OC. The van der Waals surface area contributed by atoms with E-state index in [-0.39, 0.29) is 24.5 Å². The third-order valence-corrected chi connectivity index (χ3v) is 4.93. The minimum atomic E-state index is -0.773. The molecule has 0 aromatic heterocycles. The van der Waals surface area contributed by atoms with Crippen molar-refractivity contribution in [3.05, 3.63) is 65.2 Å². The van der Waals surface area contributed by atoms with Gasteiger partial charge in [0.1, 0.15) is 5.76 Å². The Morgan fingerprint density at radius 1 is 1.07 bits per heavy atom. The molecular weight excluding hydrogens is 386 g/mol. The van der Waals surface area contributed by atoms with Gasteiger partial charge >= 0.3 is 0 Å². The minimum absolute atomic E-state index is 0.0357. The fraction of sp³-hybridized carbons (Fsp3) is 0.304. The van der Waals surface area contributed by atoms with Crippen molar-refractivity contribution in [3.63, 3.8) is 0 Å². The number of benzene rings is 2. The summed E-state index contributed by atoms with van der Waals surface area (Å²) >= 11 is 0. The van der Waals surface area contributed by atoms with Crippen LogP contribution in [0.25, 0.3) is 5.76 Å². The number of hydrogen-bond acceptors (Lipinski definition) is 6. The summed E-state index contributed by atoms with van der Waals surface area (Å²) in [5.41, 5.74) is 1.13. The molecule has 1 atom stereocenters. The Kier molecular flexibility index (Phi) is 6.74. The molecule has 7 nitrogen and oxygen atoms in total. The Labute approximate surface area is 175 Å². The van der Waals surface area contributed by atoms with Crippen LogP contribution < -0.4 is 9.47 Å². The van der Waals surface area contributed by atoms with Gasteiger partial charge in [0, 0.05) is 19.2 Å². The largest absolute Gasteiger partial charge is 0.507 e. The normalized spacial score (nSPS) is 18.0. The highest BCUT2D eigenvalue weighted by Gasteiger charge is 2.46. The molecule has 158 valence electrons. The van der Waals surface area contributed by atoms with Gasteiger partial charge in [0.05, 0.1) is 31.9 Å². The highest BCUT2D eigenvalue weighted by molar-refractivity contribution is 6.46. The summed E-state index contributed by atoms with van der Waals surface area (Å²) in [5, 5.41) is 10.9. The van der Waals surface area contributed by atoms with Crippen molar-refractivity contribution in [3.8, 4) is 11.5 Å². The lowest BCUT2D eigenvalue weighted by Crippen LogP contribution is -2.32. The van der Waals surface area contributed by atoms with Gasteiger partial charge in [-0.25, -0.2) is 0 Å². The van der Waals surface area contributed by atoms with Gasteiger partial charge < -0.3 is 24.2 Å². The van der Waals surface area contributed by atoms with E-state index in [0.717, 1.165) is 0 Å². The molecule has 7 heteroatoms. The van der Waals surface area contributed by atoms with E-state index in [0.29, 0.717) is 29.2 Å². The van der Waals surface area contributed by atoms with Crippen molar-refractivity contribution in [2.24, 2.45) is 0 Å². The number of methoxy groups -OCH3 is 2. The zero-order valence-electron chi connectivity index (χ0n) is 17.3. The molecule has 30 heavy (non-hydrogen) atoms. The average molecular weight is 411 g/mol. The van der Waals surface area contributed by atoms with Crippen molar-refractivity contribution in [1.29, 1.82) is 0 Å². The van der Waals surface area contributed by atoms with Gasteiger partial charge in [-0.15, -0.1) is 0 Å². The van der Waals surface area contributed by atoms with Crippen LogP contribution in [0.4, 0.5) is 0 Å². The second-order valence-electron chi connectivity index (χ2n) is 6.69. The number of ether oxygens (including phenoxy) is 3. The number of carbonyl (C=O) groups is 2. The Hall–Kier alpha value is -3.32. The average Bonchev–Trinajstić information content (AvgIpc) is 3.03. The van der Waals surface area contributed by atoms with Gasteiger partial charge in [-0.1, -0.05) is 36.4 Å². The van der Waals surface area contributed by atoms with Crippen molar-refractivity contribution in [1.82, 2.24) is 4.90 Å². The second kappa shape index (κ2) is 9.45. The van der Waals surface area contributed by atoms with E-state index in [1.165, 1.54) is 19.1 Å². The van der Waals surface area contributed by atoms with Crippen LogP contribution in [0.5, 0.6) is 11.5 Å². The van der Waals surface area contributed by atoms with Crippen LogP contribution in [0.15, 0.2) is 54.1 Å². The molecule has 1 N–H and O–H groups in total. The number of likely N-dealkylation sites (tertiary alicyclic amines) is 1. The number of amides is 1. The maximum Gasteiger partial charge on any atom is 0.295 e. The summed E-state index contributed by atoms with van der Waals surface area (Å²) in [5.74, 6) is -0.591. The first-order valence-electron chi connectivity index (χ1n) is 9.67. The second-order valence-corrected chi connectivity index (χ2v) is 6.69. The lowest BCUT2D eigenvalue weighted by atomic mass is 9.95. The van der Waals surface area contributed by atoms with Gasteiger partial charge in [0.25, 0.3) is 11.7 Å². The Balaban J connectivity index is 2.16. The van der Waals surface area contributed by atoms with Gasteiger partial charge in [-0.2, -0.15) is 0 Å². The molecule has 2 aromatic carbocycles. The van der Waals surface area contributed by atoms with E-state index in [2.05, 4.69) is 0 Å². The molecule has 1 heterocycles. The van der Waals surface area contributed by atoms with Gasteiger partial charge in [-0.3, -0.25) is 9.59 Å². The maximum absolute atomic E-state index is 12.9. The highest BCUT2D eigenvalue weighted by atomic mass is 16.5. The molecule has 0 spiro atoms. The summed E-state index contributed by atoms with van der Waals surface area (Å²) in [4.78, 5) is 27.1. The first-order valence-corrected chi connectivity index (χ1v) is 9.67. The molecule has 0 aliphatic carbocycles. The summed E-state index contributed by atoms with van der Waals surface area (Å²) in [7, 11) is 3.04. The van der Waals surface area contributed by atoms with Crippen molar-refractivity contribution < 1.29 is 28.9 Å². The third kappa shape index (κ3) is 4.02. The van der Waals surface area contributed by atoms with E-state index in [4.69, 9.17) is 14.2 Å². The van der Waals surface area contributed by atoms with Gasteiger partial charge in [0.15, 0.2) is 11.5 Å². The fourth-order valence-corrected chi connectivity index (χ4v) is 3.53. The third-order valence-electron chi connectivity index (χ3n) is 4.93. The topological polar surface area (TPSA) is 85.3 Å². The predicted molar refractivity (Wildman–Crippen MR) is 111 cm³/mol. The lowest BCUT2D eigenvalue weighted by molar-refractivity contribution is -0.140.